The van der Waals surface area contributed by atoms with Crippen molar-refractivity contribution in [2.24, 2.45) is 5.14 Å². The van der Waals surface area contributed by atoms with Crippen LogP contribution in [0.5, 0.6) is 0 Å². The summed E-state index contributed by atoms with van der Waals surface area (Å²) in [4.78, 5) is 11.1. The second-order valence-corrected chi connectivity index (χ2v) is 5.08. The maximum absolute atomic E-state index is 11.3. The van der Waals surface area contributed by atoms with Crippen LogP contribution in [0, 0.1) is 6.92 Å². The Morgan fingerprint density at radius 1 is 1.44 bits per heavy atom. The molecule has 5 nitrogen and oxygen atoms in total. The molecule has 0 radical (unpaired) electrons. The largest absolute Gasteiger partial charge is 0.465 e. The molecule has 0 aliphatic rings. The highest BCUT2D eigenvalue weighted by Crippen LogP contribution is 2.24. The van der Waals surface area contributed by atoms with Crippen molar-refractivity contribution < 1.29 is 17.9 Å². The van der Waals surface area contributed by atoms with Gasteiger partial charge in [-0.2, -0.15) is 0 Å². The lowest BCUT2D eigenvalue weighted by Gasteiger charge is -2.08. The van der Waals surface area contributed by atoms with Gasteiger partial charge in [0.2, 0.25) is 10.0 Å². The van der Waals surface area contributed by atoms with Crippen molar-refractivity contribution in [3.8, 4) is 0 Å². The highest BCUT2D eigenvalue weighted by atomic mass is 35.5. The summed E-state index contributed by atoms with van der Waals surface area (Å²) >= 11 is 5.80. The van der Waals surface area contributed by atoms with Crippen LogP contribution < -0.4 is 5.14 Å². The van der Waals surface area contributed by atoms with Gasteiger partial charge in [0.1, 0.15) is 0 Å². The number of hydrogen-bond donors (Lipinski definition) is 1. The Hall–Kier alpha value is -1.11. The van der Waals surface area contributed by atoms with E-state index in [1.54, 1.807) is 6.92 Å². The third-order valence-electron chi connectivity index (χ3n) is 2.05. The fourth-order valence-corrected chi connectivity index (χ4v) is 1.99. The Morgan fingerprint density at radius 2 is 2.00 bits per heavy atom. The fraction of sp³-hybridized carbons (Fsp3) is 0.222. The smallest absolute Gasteiger partial charge is 0.338 e. The number of rotatable bonds is 2. The van der Waals surface area contributed by atoms with E-state index in [9.17, 15) is 13.2 Å². The van der Waals surface area contributed by atoms with Crippen LogP contribution in [0.2, 0.25) is 5.02 Å². The van der Waals surface area contributed by atoms with Crippen LogP contribution in [0.4, 0.5) is 0 Å². The van der Waals surface area contributed by atoms with Gasteiger partial charge in [-0.05, 0) is 24.6 Å². The van der Waals surface area contributed by atoms with Crippen LogP contribution in [-0.4, -0.2) is 21.5 Å². The van der Waals surface area contributed by atoms with Crippen molar-refractivity contribution in [3.05, 3.63) is 28.3 Å². The van der Waals surface area contributed by atoms with Gasteiger partial charge in [-0.15, -0.1) is 0 Å². The first kappa shape index (κ1) is 13.0. The molecule has 16 heavy (non-hydrogen) atoms. The Balaban J connectivity index is 3.51. The van der Waals surface area contributed by atoms with Gasteiger partial charge in [0.15, 0.2) is 0 Å². The molecule has 0 aliphatic heterocycles. The normalized spacial score (nSPS) is 11.2. The van der Waals surface area contributed by atoms with E-state index in [1.165, 1.54) is 13.2 Å². The third-order valence-corrected chi connectivity index (χ3v) is 3.34. The summed E-state index contributed by atoms with van der Waals surface area (Å²) in [6.45, 7) is 1.58. The Kier molecular flexibility index (Phi) is 3.57. The van der Waals surface area contributed by atoms with Gasteiger partial charge in [0.25, 0.3) is 0 Å². The van der Waals surface area contributed by atoms with Crippen molar-refractivity contribution in [1.82, 2.24) is 0 Å². The zero-order chi connectivity index (χ0) is 12.5. The molecule has 0 spiro atoms. The van der Waals surface area contributed by atoms with Crippen molar-refractivity contribution in [2.45, 2.75) is 11.8 Å². The van der Waals surface area contributed by atoms with E-state index in [4.69, 9.17) is 16.7 Å². The molecule has 7 heteroatoms. The van der Waals surface area contributed by atoms with Crippen LogP contribution in [-0.2, 0) is 14.8 Å². The first-order valence-corrected chi connectivity index (χ1v) is 6.11. The molecule has 1 aromatic rings. The maximum atomic E-state index is 11.3. The lowest BCUT2D eigenvalue weighted by atomic mass is 10.1. The van der Waals surface area contributed by atoms with Crippen molar-refractivity contribution in [1.29, 1.82) is 0 Å². The molecule has 0 unspecified atom stereocenters. The van der Waals surface area contributed by atoms with Crippen molar-refractivity contribution in [2.75, 3.05) is 7.11 Å². The second kappa shape index (κ2) is 4.40. The summed E-state index contributed by atoms with van der Waals surface area (Å²) in [5.41, 5.74) is 0.528. The summed E-state index contributed by atoms with van der Waals surface area (Å²) < 4.78 is 26.8. The molecule has 0 aliphatic carbocycles. The monoisotopic (exact) mass is 263 g/mol. The summed E-state index contributed by atoms with van der Waals surface area (Å²) in [7, 11) is -2.70. The molecule has 0 saturated heterocycles. The average Bonchev–Trinajstić information content (AvgIpc) is 2.19. The van der Waals surface area contributed by atoms with Crippen LogP contribution in [0.1, 0.15) is 15.9 Å². The Bertz CT molecular complexity index is 539. The number of nitrogens with two attached hydrogens (primary N) is 1. The first-order valence-electron chi connectivity index (χ1n) is 4.18. The number of halogens is 1. The number of ether oxygens (including phenoxy) is 1. The molecule has 1 aromatic carbocycles. The van der Waals surface area contributed by atoms with Gasteiger partial charge in [-0.25, -0.2) is 18.4 Å². The molecule has 0 saturated carbocycles. The maximum Gasteiger partial charge on any atom is 0.338 e. The minimum atomic E-state index is -3.90. The number of hydrogen-bond acceptors (Lipinski definition) is 4. The summed E-state index contributed by atoms with van der Waals surface area (Å²) in [5.74, 6) is -0.662. The van der Waals surface area contributed by atoms with Crippen LogP contribution in [0.25, 0.3) is 0 Å². The standard InChI is InChI=1S/C9H10ClNO4S/c1-5-7(9(12)15-2)3-6(4-8(5)10)16(11,13)14/h3-4H,1-2H3,(H2,11,13,14). The number of esters is 1. The van der Waals surface area contributed by atoms with Crippen molar-refractivity contribution in [3.63, 3.8) is 0 Å². The van der Waals surface area contributed by atoms with E-state index in [2.05, 4.69) is 4.74 Å². The second-order valence-electron chi connectivity index (χ2n) is 3.11. The van der Waals surface area contributed by atoms with Gasteiger partial charge in [0, 0.05) is 5.02 Å². The van der Waals surface area contributed by atoms with Gasteiger partial charge < -0.3 is 4.74 Å². The SMILES string of the molecule is COC(=O)c1cc(S(N)(=O)=O)cc(Cl)c1C. The van der Waals surface area contributed by atoms with E-state index >= 15 is 0 Å². The topological polar surface area (TPSA) is 86.5 Å². The van der Waals surface area contributed by atoms with E-state index in [-0.39, 0.29) is 15.5 Å². The highest BCUT2D eigenvalue weighted by Gasteiger charge is 2.17. The first-order chi connectivity index (χ1) is 7.27. The van der Waals surface area contributed by atoms with Gasteiger partial charge >= 0.3 is 5.97 Å². The predicted molar refractivity (Wildman–Crippen MR) is 58.9 cm³/mol. The average molecular weight is 264 g/mol. The minimum Gasteiger partial charge on any atom is -0.465 e. The number of carbonyl (C=O) groups excluding carboxylic acids is 1. The number of carbonyl (C=O) groups is 1. The highest BCUT2D eigenvalue weighted by molar-refractivity contribution is 7.89. The molecule has 0 bridgehead atoms. The molecular formula is C9H10ClNO4S. The Labute approximate surface area is 98.2 Å². The van der Waals surface area contributed by atoms with Crippen LogP contribution in [0.3, 0.4) is 0 Å². The number of sulfonamides is 1. The summed E-state index contributed by atoms with van der Waals surface area (Å²) in [6, 6.07) is 2.33. The van der Waals surface area contributed by atoms with Crippen molar-refractivity contribution >= 4 is 27.6 Å². The molecule has 0 aromatic heterocycles. The van der Waals surface area contributed by atoms with Crippen LogP contribution in [0.15, 0.2) is 17.0 Å². The van der Waals surface area contributed by atoms with E-state index in [0.717, 1.165) is 6.07 Å². The summed E-state index contributed by atoms with van der Waals surface area (Å²) in [6.07, 6.45) is 0. The minimum absolute atomic E-state index is 0.0824. The van der Waals surface area contributed by atoms with Crippen LogP contribution >= 0.6 is 11.6 Å². The molecule has 0 fully saturated rings. The van der Waals surface area contributed by atoms with E-state index in [0.29, 0.717) is 5.56 Å². The van der Waals surface area contributed by atoms with Gasteiger partial charge in [-0.3, -0.25) is 0 Å². The zero-order valence-electron chi connectivity index (χ0n) is 8.65. The number of methoxy groups -OCH3 is 1. The zero-order valence-corrected chi connectivity index (χ0v) is 10.2. The molecule has 2 N–H and O–H groups in total. The van der Waals surface area contributed by atoms with Gasteiger partial charge in [-0.1, -0.05) is 11.6 Å². The van der Waals surface area contributed by atoms with E-state index in [1.807, 2.05) is 0 Å². The number of benzene rings is 1. The molecule has 88 valence electrons. The molecule has 1 rings (SSSR count). The van der Waals surface area contributed by atoms with Gasteiger partial charge in [0.05, 0.1) is 17.6 Å². The fourth-order valence-electron chi connectivity index (χ4n) is 1.14. The summed E-state index contributed by atoms with van der Waals surface area (Å²) in [5, 5.41) is 5.09. The lowest BCUT2D eigenvalue weighted by molar-refractivity contribution is 0.0599. The third kappa shape index (κ3) is 2.52. The molecule has 0 atom stereocenters. The van der Waals surface area contributed by atoms with E-state index < -0.39 is 16.0 Å². The molecule has 0 amide bonds. The quantitative estimate of drug-likeness (QED) is 0.809. The molecule has 0 heterocycles. The Morgan fingerprint density at radius 3 is 2.44 bits per heavy atom. The lowest BCUT2D eigenvalue weighted by Crippen LogP contribution is -2.14. The molecular weight excluding hydrogens is 254 g/mol. The predicted octanol–water partition coefficient (Wildman–Crippen LogP) is 1.08. The number of primary sulfonamides is 1.